The summed E-state index contributed by atoms with van der Waals surface area (Å²) in [7, 11) is 0. The highest BCUT2D eigenvalue weighted by molar-refractivity contribution is 5.90. The number of carbonyl (C=O) groups is 2. The molecule has 0 saturated carbocycles. The van der Waals surface area contributed by atoms with E-state index < -0.39 is 44.1 Å². The van der Waals surface area contributed by atoms with Gasteiger partial charge < -0.3 is 28.7 Å². The molecular formula is C54H46N6O10. The maximum absolute atomic E-state index is 13.3. The van der Waals surface area contributed by atoms with Crippen molar-refractivity contribution >= 4 is 58.2 Å². The van der Waals surface area contributed by atoms with E-state index in [0.29, 0.717) is 45.1 Å². The van der Waals surface area contributed by atoms with Gasteiger partial charge in [-0.05, 0) is 136 Å². The summed E-state index contributed by atoms with van der Waals surface area (Å²) in [6, 6.07) is 38.4. The lowest BCUT2D eigenvalue weighted by molar-refractivity contribution is -0.385. The van der Waals surface area contributed by atoms with Crippen LogP contribution < -0.4 is 19.3 Å². The Morgan fingerprint density at radius 2 is 0.929 bits per heavy atom. The van der Waals surface area contributed by atoms with E-state index in [0.717, 1.165) is 22.5 Å². The van der Waals surface area contributed by atoms with Gasteiger partial charge in [0.05, 0.1) is 67.4 Å². The number of ether oxygens (including phenoxy) is 4. The minimum absolute atomic E-state index is 0.0268. The van der Waals surface area contributed by atoms with E-state index >= 15 is 0 Å². The predicted octanol–water partition coefficient (Wildman–Crippen LogP) is 11.4. The average Bonchev–Trinajstić information content (AvgIpc) is 3.65. The molecule has 4 aliphatic rings. The summed E-state index contributed by atoms with van der Waals surface area (Å²) in [5.74, 6) is -0.269. The Kier molecular flexibility index (Phi) is 11.1. The number of anilines is 2. The first kappa shape index (κ1) is 45.1. The summed E-state index contributed by atoms with van der Waals surface area (Å²) in [4.78, 5) is 53.4. The summed E-state index contributed by atoms with van der Waals surface area (Å²) in [5.41, 5.74) is 2.89. The van der Waals surface area contributed by atoms with Gasteiger partial charge >= 0.3 is 11.9 Å². The molecule has 0 aromatic heterocycles. The molecule has 4 aliphatic heterocycles. The standard InChI is InChI=1S/C54H46N6O10/c1-51(2)41-11-5-7-13-45(41)57(53(51)29-27-39-43(59(63)64)15-9-17-47(39)69-53)31-33-67-49(61)35-19-23-37(24-20-35)55-56-38-25-21-36(22-26-38)50(62)68-34-32-58-46-14-8-6-12-42(46)52(3,4)54(58)30-28-40-44(60(65)66)16-10-18-48(40)70-54/h5-30H,31-34H2,1-4H3. The normalized spacial score (nSPS) is 19.5. The zero-order valence-corrected chi connectivity index (χ0v) is 38.6. The molecule has 0 bridgehead atoms. The molecule has 6 aromatic rings. The smallest absolute Gasteiger partial charge is 0.338 e. The second-order valence-electron chi connectivity index (χ2n) is 18.3. The predicted molar refractivity (Wildman–Crippen MR) is 262 cm³/mol. The van der Waals surface area contributed by atoms with E-state index in [-0.39, 0.29) is 37.7 Å². The van der Waals surface area contributed by atoms with Crippen molar-refractivity contribution in [3.8, 4) is 11.5 Å². The average molecular weight is 939 g/mol. The van der Waals surface area contributed by atoms with E-state index in [9.17, 15) is 29.8 Å². The number of benzene rings is 6. The molecule has 2 unspecified atom stereocenters. The largest absolute Gasteiger partial charge is 0.463 e. The van der Waals surface area contributed by atoms with Crippen LogP contribution in [-0.2, 0) is 20.3 Å². The van der Waals surface area contributed by atoms with E-state index in [1.54, 1.807) is 84.9 Å². The zero-order valence-electron chi connectivity index (χ0n) is 38.6. The lowest BCUT2D eigenvalue weighted by Gasteiger charge is -2.47. The minimum Gasteiger partial charge on any atom is -0.463 e. The highest BCUT2D eigenvalue weighted by Crippen LogP contribution is 2.57. The second-order valence-corrected chi connectivity index (χ2v) is 18.3. The van der Waals surface area contributed by atoms with Crippen LogP contribution >= 0.6 is 0 Å². The summed E-state index contributed by atoms with van der Waals surface area (Å²) < 4.78 is 25.0. The number of azo groups is 1. The zero-order chi connectivity index (χ0) is 49.0. The molecule has 0 radical (unpaired) electrons. The highest BCUT2D eigenvalue weighted by Gasteiger charge is 2.60. The van der Waals surface area contributed by atoms with Crippen molar-refractivity contribution < 1.29 is 38.4 Å². The molecule has 6 aromatic carbocycles. The van der Waals surface area contributed by atoms with Crippen LogP contribution in [0.1, 0.15) is 70.7 Å². The minimum atomic E-state index is -1.05. The number of carbonyl (C=O) groups excluding carboxylic acids is 2. The van der Waals surface area contributed by atoms with Crippen molar-refractivity contribution in [1.29, 1.82) is 0 Å². The van der Waals surface area contributed by atoms with Crippen molar-refractivity contribution in [3.63, 3.8) is 0 Å². The molecule has 2 atom stereocenters. The molecule has 0 fully saturated rings. The van der Waals surface area contributed by atoms with Crippen LogP contribution in [0, 0.1) is 20.2 Å². The molecule has 10 rings (SSSR count). The first-order valence-electron chi connectivity index (χ1n) is 22.7. The lowest BCUT2D eigenvalue weighted by atomic mass is 9.76. The van der Waals surface area contributed by atoms with Crippen LogP contribution in [-0.4, -0.2) is 59.5 Å². The summed E-state index contributed by atoms with van der Waals surface area (Å²) in [6.07, 6.45) is 7.21. The fraction of sp³-hybridized carbons (Fsp3) is 0.222. The van der Waals surface area contributed by atoms with Crippen molar-refractivity contribution in [2.75, 3.05) is 36.1 Å². The van der Waals surface area contributed by atoms with Gasteiger partial charge in [-0.3, -0.25) is 20.2 Å². The van der Waals surface area contributed by atoms with Gasteiger partial charge in [0, 0.05) is 23.5 Å². The highest BCUT2D eigenvalue weighted by atomic mass is 16.6. The SMILES string of the molecule is CC1(C)c2ccccc2N(CCOC(=O)c2ccc(N=Nc3ccc(C(=O)OCCN4c5ccccc5C(C)(C)C45C=Cc4c(cccc4[N+](=O)[O-])O5)cc3)cc2)C12C=Cc1c(cccc1[N+](=O)[O-])O2. The third-order valence-electron chi connectivity index (χ3n) is 13.9. The van der Waals surface area contributed by atoms with Crippen LogP contribution in [0.25, 0.3) is 12.2 Å². The maximum Gasteiger partial charge on any atom is 0.338 e. The molecule has 0 saturated heterocycles. The molecule has 4 heterocycles. The summed E-state index contributed by atoms with van der Waals surface area (Å²) in [6.45, 7) is 8.86. The molecule has 70 heavy (non-hydrogen) atoms. The van der Waals surface area contributed by atoms with Gasteiger partial charge in [0.25, 0.3) is 11.4 Å². The van der Waals surface area contributed by atoms with Crippen LogP contribution in [0.2, 0.25) is 0 Å². The molecular weight excluding hydrogens is 893 g/mol. The Balaban J connectivity index is 0.751. The Bertz CT molecular complexity index is 2990. The number of esters is 2. The number of nitro benzene ring substituents is 2. The number of rotatable bonds is 12. The van der Waals surface area contributed by atoms with Gasteiger partial charge in [-0.25, -0.2) is 9.59 Å². The van der Waals surface area contributed by atoms with E-state index in [1.807, 2.05) is 70.5 Å². The fourth-order valence-electron chi connectivity index (χ4n) is 10.2. The molecule has 16 heteroatoms. The molecule has 0 amide bonds. The Morgan fingerprint density at radius 3 is 1.31 bits per heavy atom. The Morgan fingerprint density at radius 1 is 0.543 bits per heavy atom. The maximum atomic E-state index is 13.3. The van der Waals surface area contributed by atoms with Gasteiger partial charge in [-0.2, -0.15) is 10.2 Å². The topological polar surface area (TPSA) is 189 Å². The van der Waals surface area contributed by atoms with E-state index in [2.05, 4.69) is 37.9 Å². The third-order valence-corrected chi connectivity index (χ3v) is 13.9. The summed E-state index contributed by atoms with van der Waals surface area (Å²) >= 11 is 0. The third kappa shape index (κ3) is 7.30. The number of para-hydroxylation sites is 2. The van der Waals surface area contributed by atoms with Crippen molar-refractivity contribution in [2.24, 2.45) is 10.2 Å². The monoisotopic (exact) mass is 938 g/mol. The molecule has 0 aliphatic carbocycles. The summed E-state index contributed by atoms with van der Waals surface area (Å²) in [5, 5.41) is 32.2. The Labute approximate surface area is 402 Å². The fourth-order valence-corrected chi connectivity index (χ4v) is 10.2. The van der Waals surface area contributed by atoms with Gasteiger partial charge in [0.1, 0.15) is 24.7 Å². The first-order valence-corrected chi connectivity index (χ1v) is 22.7. The number of nitro groups is 2. The van der Waals surface area contributed by atoms with E-state index in [4.69, 9.17) is 18.9 Å². The van der Waals surface area contributed by atoms with Gasteiger partial charge in [-0.15, -0.1) is 0 Å². The molecule has 352 valence electrons. The van der Waals surface area contributed by atoms with Crippen molar-refractivity contribution in [3.05, 3.63) is 199 Å². The number of hydrogen-bond donors (Lipinski definition) is 0. The molecule has 2 spiro atoms. The van der Waals surface area contributed by atoms with E-state index in [1.165, 1.54) is 12.1 Å². The van der Waals surface area contributed by atoms with Crippen molar-refractivity contribution in [1.82, 2.24) is 0 Å². The van der Waals surface area contributed by atoms with Crippen molar-refractivity contribution in [2.45, 2.75) is 50.0 Å². The van der Waals surface area contributed by atoms with Crippen LogP contribution in [0.5, 0.6) is 11.5 Å². The Hall–Kier alpha value is -8.66. The van der Waals surface area contributed by atoms with Gasteiger partial charge in [-0.1, -0.05) is 48.5 Å². The lowest BCUT2D eigenvalue weighted by Crippen LogP contribution is -2.60. The van der Waals surface area contributed by atoms with Crippen LogP contribution in [0.4, 0.5) is 34.1 Å². The second kappa shape index (κ2) is 17.1. The van der Waals surface area contributed by atoms with Gasteiger partial charge in [0.2, 0.25) is 11.4 Å². The number of hydrogen-bond acceptors (Lipinski definition) is 14. The van der Waals surface area contributed by atoms with Gasteiger partial charge in [0.15, 0.2) is 0 Å². The number of nitrogens with zero attached hydrogens (tertiary/aromatic N) is 6. The first-order chi connectivity index (χ1) is 33.6. The quantitative estimate of drug-likeness (QED) is 0.0489. The molecule has 16 nitrogen and oxygen atoms in total. The van der Waals surface area contributed by atoms with Crippen LogP contribution in [0.15, 0.2) is 156 Å². The number of fused-ring (bicyclic) bond motifs is 4. The molecule has 0 N–H and O–H groups in total. The van der Waals surface area contributed by atoms with Crippen LogP contribution in [0.3, 0.4) is 0 Å².